The molecular weight excluding hydrogens is 219 g/mol. The molecule has 1 atom stereocenters. The van der Waals surface area contributed by atoms with Gasteiger partial charge in [0.2, 0.25) is 0 Å². The Balaban J connectivity index is 3.06. The minimum atomic E-state index is -5.09. The molecule has 0 fully saturated rings. The second-order valence-electron chi connectivity index (χ2n) is 2.94. The van der Waals surface area contributed by atoms with Gasteiger partial charge in [0.15, 0.2) is 0 Å². The quantitative estimate of drug-likeness (QED) is 0.541. The average molecular weight is 225 g/mol. The number of rotatable bonds is 0. The molecule has 1 aromatic rings. The Bertz CT molecular complexity index is 464. The van der Waals surface area contributed by atoms with Crippen molar-refractivity contribution < 1.29 is 18.3 Å². The minimum Gasteiger partial charge on any atom is -0.359 e. The highest BCUT2D eigenvalue weighted by Crippen LogP contribution is 2.29. The van der Waals surface area contributed by atoms with E-state index in [1.54, 1.807) is 18.2 Å². The van der Waals surface area contributed by atoms with Gasteiger partial charge in [0.1, 0.15) is 6.07 Å². The molecule has 1 aromatic carbocycles. The van der Waals surface area contributed by atoms with Gasteiger partial charge in [-0.3, -0.25) is 0 Å². The van der Waals surface area contributed by atoms with E-state index >= 15 is 0 Å². The third-order valence-corrected chi connectivity index (χ3v) is 1.73. The minimum absolute atomic E-state index is 0.292. The maximum absolute atomic E-state index is 12.2. The number of nitriles is 1. The predicted octanol–water partition coefficient (Wildman–Crippen LogP) is 1.86. The topological polar surface area (TPSA) is 44.0 Å². The fourth-order valence-electron chi connectivity index (χ4n) is 0.846. The highest BCUT2D eigenvalue weighted by Gasteiger charge is 2.54. The molecule has 0 aliphatic rings. The highest BCUT2D eigenvalue weighted by atomic mass is 19.4. The van der Waals surface area contributed by atoms with E-state index in [2.05, 4.69) is 5.92 Å². The van der Waals surface area contributed by atoms with Crippen LogP contribution in [0.1, 0.15) is 5.56 Å². The molecule has 0 bridgehead atoms. The zero-order chi connectivity index (χ0) is 12.2. The Morgan fingerprint density at radius 2 is 1.69 bits per heavy atom. The Kier molecular flexibility index (Phi) is 3.22. The van der Waals surface area contributed by atoms with Gasteiger partial charge in [-0.15, -0.1) is 0 Å². The van der Waals surface area contributed by atoms with Crippen molar-refractivity contribution in [2.45, 2.75) is 11.8 Å². The second-order valence-corrected chi connectivity index (χ2v) is 2.94. The van der Waals surface area contributed by atoms with E-state index in [9.17, 15) is 13.2 Å². The van der Waals surface area contributed by atoms with Gasteiger partial charge in [0, 0.05) is 5.56 Å². The van der Waals surface area contributed by atoms with Crippen LogP contribution in [0.25, 0.3) is 0 Å². The van der Waals surface area contributed by atoms with Crippen molar-refractivity contribution in [1.29, 1.82) is 5.26 Å². The molecule has 1 N–H and O–H groups in total. The van der Waals surface area contributed by atoms with E-state index in [4.69, 9.17) is 10.4 Å². The van der Waals surface area contributed by atoms with Gasteiger partial charge in [0.05, 0.1) is 0 Å². The van der Waals surface area contributed by atoms with Crippen LogP contribution in [0.15, 0.2) is 30.3 Å². The van der Waals surface area contributed by atoms with Crippen LogP contribution < -0.4 is 0 Å². The van der Waals surface area contributed by atoms with Crippen LogP contribution >= 0.6 is 0 Å². The van der Waals surface area contributed by atoms with E-state index in [1.165, 1.54) is 18.1 Å². The molecule has 82 valence electrons. The van der Waals surface area contributed by atoms with E-state index < -0.39 is 11.8 Å². The van der Waals surface area contributed by atoms with Crippen molar-refractivity contribution >= 4 is 0 Å². The van der Waals surface area contributed by atoms with E-state index in [1.807, 2.05) is 0 Å². The van der Waals surface area contributed by atoms with Crippen LogP contribution in [-0.2, 0) is 0 Å². The average Bonchev–Trinajstić information content (AvgIpc) is 2.26. The summed E-state index contributed by atoms with van der Waals surface area (Å²) in [6.07, 6.45) is -5.09. The smallest absolute Gasteiger partial charge is 0.359 e. The summed E-state index contributed by atoms with van der Waals surface area (Å²) < 4.78 is 36.7. The van der Waals surface area contributed by atoms with Crippen LogP contribution in [0.2, 0.25) is 0 Å². The largest absolute Gasteiger partial charge is 0.443 e. The van der Waals surface area contributed by atoms with Crippen molar-refractivity contribution in [3.63, 3.8) is 0 Å². The number of halogens is 3. The summed E-state index contributed by atoms with van der Waals surface area (Å²) in [5.41, 5.74) is -3.33. The summed E-state index contributed by atoms with van der Waals surface area (Å²) in [6.45, 7) is 0. The maximum atomic E-state index is 12.2. The maximum Gasteiger partial charge on any atom is 0.443 e. The Morgan fingerprint density at radius 1 is 1.12 bits per heavy atom. The van der Waals surface area contributed by atoms with Gasteiger partial charge in [-0.1, -0.05) is 24.1 Å². The molecule has 0 saturated heterocycles. The molecule has 0 aliphatic heterocycles. The molecule has 0 radical (unpaired) electrons. The number of alkyl halides is 3. The zero-order valence-corrected chi connectivity index (χ0v) is 7.92. The molecule has 0 heterocycles. The fourth-order valence-corrected chi connectivity index (χ4v) is 0.846. The number of aliphatic hydroxyl groups is 1. The number of hydrogen-bond donors (Lipinski definition) is 1. The first-order chi connectivity index (χ1) is 7.39. The lowest BCUT2D eigenvalue weighted by atomic mass is 10.1. The molecule has 0 spiro atoms. The summed E-state index contributed by atoms with van der Waals surface area (Å²) in [7, 11) is 0. The van der Waals surface area contributed by atoms with E-state index in [0.29, 0.717) is 5.56 Å². The summed E-state index contributed by atoms with van der Waals surface area (Å²) in [6, 6.07) is 8.54. The molecule has 16 heavy (non-hydrogen) atoms. The van der Waals surface area contributed by atoms with Crippen molar-refractivity contribution in [3.05, 3.63) is 35.9 Å². The van der Waals surface area contributed by atoms with E-state index in [0.717, 1.165) is 6.07 Å². The molecule has 2 nitrogen and oxygen atoms in total. The molecule has 0 aromatic heterocycles. The van der Waals surface area contributed by atoms with Gasteiger partial charge in [-0.25, -0.2) is 0 Å². The van der Waals surface area contributed by atoms with Crippen molar-refractivity contribution in [1.82, 2.24) is 0 Å². The Labute approximate surface area is 89.9 Å². The second kappa shape index (κ2) is 4.26. The Morgan fingerprint density at radius 3 is 2.12 bits per heavy atom. The molecule has 0 aliphatic carbocycles. The van der Waals surface area contributed by atoms with Crippen LogP contribution in [0, 0.1) is 23.2 Å². The third-order valence-electron chi connectivity index (χ3n) is 1.73. The number of benzene rings is 1. The molecule has 1 rings (SSSR count). The van der Waals surface area contributed by atoms with Gasteiger partial charge in [-0.05, 0) is 18.1 Å². The van der Waals surface area contributed by atoms with Crippen molar-refractivity contribution in [2.24, 2.45) is 0 Å². The van der Waals surface area contributed by atoms with Crippen LogP contribution in [0.4, 0.5) is 13.2 Å². The first-order valence-electron chi connectivity index (χ1n) is 4.17. The molecular formula is C11H6F3NO. The summed E-state index contributed by atoms with van der Waals surface area (Å²) in [5, 5.41) is 17.2. The van der Waals surface area contributed by atoms with Gasteiger partial charge in [0.25, 0.3) is 0 Å². The first-order valence-corrected chi connectivity index (χ1v) is 4.17. The standard InChI is InChI=1S/C11H6F3NO/c12-11(13,14)10(16,8-15)7-6-9-4-2-1-3-5-9/h1-5,16H. The molecule has 0 saturated carbocycles. The van der Waals surface area contributed by atoms with Gasteiger partial charge < -0.3 is 5.11 Å². The zero-order valence-electron chi connectivity index (χ0n) is 7.92. The molecule has 1 unspecified atom stereocenters. The number of hydrogen-bond acceptors (Lipinski definition) is 2. The van der Waals surface area contributed by atoms with Crippen LogP contribution in [-0.4, -0.2) is 16.9 Å². The van der Waals surface area contributed by atoms with Crippen LogP contribution in [0.5, 0.6) is 0 Å². The normalized spacial score (nSPS) is 14.2. The predicted molar refractivity (Wildman–Crippen MR) is 49.9 cm³/mol. The van der Waals surface area contributed by atoms with Gasteiger partial charge in [-0.2, -0.15) is 18.4 Å². The Hall–Kier alpha value is -1.98. The summed E-state index contributed by atoms with van der Waals surface area (Å²) in [5.74, 6) is 3.62. The lowest BCUT2D eigenvalue weighted by Gasteiger charge is -2.16. The number of nitrogens with zero attached hydrogens (tertiary/aromatic N) is 1. The third kappa shape index (κ3) is 2.53. The SMILES string of the molecule is N#CC(O)(C#Cc1ccccc1)C(F)(F)F. The lowest BCUT2D eigenvalue weighted by Crippen LogP contribution is -2.42. The van der Waals surface area contributed by atoms with E-state index in [-0.39, 0.29) is 0 Å². The summed E-state index contributed by atoms with van der Waals surface area (Å²) >= 11 is 0. The van der Waals surface area contributed by atoms with Gasteiger partial charge >= 0.3 is 11.8 Å². The van der Waals surface area contributed by atoms with Crippen molar-refractivity contribution in [3.8, 4) is 17.9 Å². The fraction of sp³-hybridized carbons (Fsp3) is 0.182. The molecule has 5 heteroatoms. The monoisotopic (exact) mass is 225 g/mol. The summed E-state index contributed by atoms with van der Waals surface area (Å²) in [4.78, 5) is 0. The van der Waals surface area contributed by atoms with Crippen LogP contribution in [0.3, 0.4) is 0 Å². The highest BCUT2D eigenvalue weighted by molar-refractivity contribution is 5.39. The molecule has 0 amide bonds. The lowest BCUT2D eigenvalue weighted by molar-refractivity contribution is -0.213. The first kappa shape index (κ1) is 12.1. The van der Waals surface area contributed by atoms with Crippen molar-refractivity contribution in [2.75, 3.05) is 0 Å².